The van der Waals surface area contributed by atoms with Gasteiger partial charge in [0.25, 0.3) is 0 Å². The molecular formula is C17H16N2O. The summed E-state index contributed by atoms with van der Waals surface area (Å²) in [6, 6.07) is 14.9. The highest BCUT2D eigenvalue weighted by Gasteiger charge is 2.24. The van der Waals surface area contributed by atoms with Gasteiger partial charge in [-0.3, -0.25) is 0 Å². The van der Waals surface area contributed by atoms with E-state index in [-0.39, 0.29) is 6.10 Å². The summed E-state index contributed by atoms with van der Waals surface area (Å²) >= 11 is 0. The fourth-order valence-corrected chi connectivity index (χ4v) is 2.92. The van der Waals surface area contributed by atoms with Crippen LogP contribution in [0.1, 0.15) is 5.56 Å². The average molecular weight is 264 g/mol. The molecule has 4 rings (SSSR count). The lowest BCUT2D eigenvalue weighted by Crippen LogP contribution is -2.24. The number of para-hydroxylation sites is 1. The molecule has 0 fully saturated rings. The average Bonchev–Trinajstić information content (AvgIpc) is 3.11. The molecule has 0 unspecified atom stereocenters. The molecule has 2 aromatic carbocycles. The van der Waals surface area contributed by atoms with Gasteiger partial charge in [0.05, 0.1) is 0 Å². The molecule has 0 amide bonds. The fraction of sp³-hybridized carbons (Fsp3) is 0.176. The summed E-state index contributed by atoms with van der Waals surface area (Å²) in [5.74, 6) is 0.998. The number of nitrogens with two attached hydrogens (primary N) is 1. The third-order valence-electron chi connectivity index (χ3n) is 3.96. The zero-order valence-corrected chi connectivity index (χ0v) is 11.1. The Labute approximate surface area is 117 Å². The van der Waals surface area contributed by atoms with Crippen LogP contribution in [-0.4, -0.2) is 17.6 Å². The highest BCUT2D eigenvalue weighted by atomic mass is 16.5. The monoisotopic (exact) mass is 264 g/mol. The lowest BCUT2D eigenvalue weighted by atomic mass is 9.99. The number of hydrogen-bond acceptors (Lipinski definition) is 2. The summed E-state index contributed by atoms with van der Waals surface area (Å²) in [6.45, 7) is 0.560. The number of fused-ring (bicyclic) bond motifs is 2. The minimum atomic E-state index is 0.113. The van der Waals surface area contributed by atoms with Gasteiger partial charge < -0.3 is 15.5 Å². The van der Waals surface area contributed by atoms with Crippen LogP contribution in [0.2, 0.25) is 0 Å². The molecule has 3 aromatic rings. The molecule has 20 heavy (non-hydrogen) atoms. The second-order valence-corrected chi connectivity index (χ2v) is 5.25. The van der Waals surface area contributed by atoms with Crippen LogP contribution in [0, 0.1) is 0 Å². The number of nitrogens with one attached hydrogen (secondary N) is 1. The molecule has 0 radical (unpaired) electrons. The van der Waals surface area contributed by atoms with Crippen molar-refractivity contribution in [3.05, 3.63) is 54.2 Å². The van der Waals surface area contributed by atoms with Crippen LogP contribution >= 0.6 is 0 Å². The SMILES string of the molecule is NC[C@@H]1Cc2cccc(-c3ccc4[nH]ccc4c3)c2O1. The van der Waals surface area contributed by atoms with Crippen LogP contribution in [0.5, 0.6) is 5.75 Å². The number of ether oxygens (including phenoxy) is 1. The van der Waals surface area contributed by atoms with Crippen molar-refractivity contribution in [2.75, 3.05) is 6.54 Å². The third kappa shape index (κ3) is 1.71. The molecule has 0 saturated carbocycles. The van der Waals surface area contributed by atoms with Crippen molar-refractivity contribution in [1.29, 1.82) is 0 Å². The summed E-state index contributed by atoms with van der Waals surface area (Å²) < 4.78 is 6.00. The van der Waals surface area contributed by atoms with Gasteiger partial charge in [-0.2, -0.15) is 0 Å². The Bertz CT molecular complexity index is 776. The van der Waals surface area contributed by atoms with E-state index < -0.39 is 0 Å². The van der Waals surface area contributed by atoms with E-state index in [1.54, 1.807) is 0 Å². The van der Waals surface area contributed by atoms with Crippen molar-refractivity contribution in [1.82, 2.24) is 4.98 Å². The van der Waals surface area contributed by atoms with Crippen LogP contribution in [0.4, 0.5) is 0 Å². The summed E-state index contributed by atoms with van der Waals surface area (Å²) in [5, 5.41) is 1.22. The number of H-pyrrole nitrogens is 1. The number of rotatable bonds is 2. The fourth-order valence-electron chi connectivity index (χ4n) is 2.92. The molecule has 3 nitrogen and oxygen atoms in total. The van der Waals surface area contributed by atoms with E-state index in [9.17, 15) is 0 Å². The largest absolute Gasteiger partial charge is 0.488 e. The Morgan fingerprint density at radius 3 is 3.05 bits per heavy atom. The van der Waals surface area contributed by atoms with E-state index in [1.165, 1.54) is 16.5 Å². The molecule has 1 atom stereocenters. The van der Waals surface area contributed by atoms with Gasteiger partial charge in [0.1, 0.15) is 11.9 Å². The minimum Gasteiger partial charge on any atom is -0.488 e. The summed E-state index contributed by atoms with van der Waals surface area (Å²) in [7, 11) is 0. The van der Waals surface area contributed by atoms with Gasteiger partial charge in [-0.05, 0) is 34.7 Å². The highest BCUT2D eigenvalue weighted by Crippen LogP contribution is 2.39. The molecule has 0 bridgehead atoms. The van der Waals surface area contributed by atoms with Gasteiger partial charge in [0.15, 0.2) is 0 Å². The van der Waals surface area contributed by atoms with Gasteiger partial charge >= 0.3 is 0 Å². The lowest BCUT2D eigenvalue weighted by Gasteiger charge is -2.11. The van der Waals surface area contributed by atoms with E-state index >= 15 is 0 Å². The zero-order chi connectivity index (χ0) is 13.5. The van der Waals surface area contributed by atoms with Gasteiger partial charge in [-0.25, -0.2) is 0 Å². The smallest absolute Gasteiger partial charge is 0.130 e. The minimum absolute atomic E-state index is 0.113. The van der Waals surface area contributed by atoms with Gasteiger partial charge in [0, 0.05) is 30.2 Å². The first-order valence-corrected chi connectivity index (χ1v) is 6.91. The van der Waals surface area contributed by atoms with Crippen LogP contribution in [0.25, 0.3) is 22.0 Å². The first-order valence-electron chi connectivity index (χ1n) is 6.91. The highest BCUT2D eigenvalue weighted by molar-refractivity contribution is 5.86. The molecule has 3 heteroatoms. The Morgan fingerprint density at radius 2 is 2.15 bits per heavy atom. The summed E-state index contributed by atoms with van der Waals surface area (Å²) in [6.07, 6.45) is 2.99. The van der Waals surface area contributed by atoms with Crippen molar-refractivity contribution in [2.24, 2.45) is 5.73 Å². The third-order valence-corrected chi connectivity index (χ3v) is 3.96. The molecule has 100 valence electrons. The first-order chi connectivity index (χ1) is 9.85. The Hall–Kier alpha value is -2.26. The van der Waals surface area contributed by atoms with E-state index in [0.29, 0.717) is 6.54 Å². The Morgan fingerprint density at radius 1 is 1.20 bits per heavy atom. The molecule has 1 aliphatic rings. The van der Waals surface area contributed by atoms with Crippen molar-refractivity contribution in [3.63, 3.8) is 0 Å². The molecule has 1 aliphatic heterocycles. The second-order valence-electron chi connectivity index (χ2n) is 5.25. The van der Waals surface area contributed by atoms with Crippen LogP contribution in [0.15, 0.2) is 48.7 Å². The molecular weight excluding hydrogens is 248 g/mol. The molecule has 0 saturated heterocycles. The molecule has 1 aromatic heterocycles. The standard InChI is InChI=1S/C17H16N2O/c18-10-14-9-13-2-1-3-15(17(13)20-14)11-4-5-16-12(8-11)6-7-19-16/h1-8,14,19H,9-10,18H2/t14-/m0/s1. The lowest BCUT2D eigenvalue weighted by molar-refractivity contribution is 0.242. The van der Waals surface area contributed by atoms with Gasteiger partial charge in [0.2, 0.25) is 0 Å². The predicted octanol–water partition coefficient (Wildman–Crippen LogP) is 3.10. The van der Waals surface area contributed by atoms with Gasteiger partial charge in [-0.1, -0.05) is 24.3 Å². The van der Waals surface area contributed by atoms with Crippen molar-refractivity contribution in [2.45, 2.75) is 12.5 Å². The zero-order valence-electron chi connectivity index (χ0n) is 11.1. The summed E-state index contributed by atoms with van der Waals surface area (Å²) in [5.41, 5.74) is 10.5. The van der Waals surface area contributed by atoms with E-state index in [1.807, 2.05) is 6.20 Å². The molecule has 0 spiro atoms. The Balaban J connectivity index is 1.85. The normalized spacial score (nSPS) is 17.1. The maximum absolute atomic E-state index is 6.00. The van der Waals surface area contributed by atoms with Crippen molar-refractivity contribution >= 4 is 10.9 Å². The van der Waals surface area contributed by atoms with E-state index in [2.05, 4.69) is 47.4 Å². The van der Waals surface area contributed by atoms with E-state index in [4.69, 9.17) is 10.5 Å². The molecule has 2 heterocycles. The first kappa shape index (κ1) is 11.6. The number of aromatic nitrogens is 1. The van der Waals surface area contributed by atoms with Crippen LogP contribution < -0.4 is 10.5 Å². The van der Waals surface area contributed by atoms with Crippen LogP contribution in [-0.2, 0) is 6.42 Å². The van der Waals surface area contributed by atoms with Crippen molar-refractivity contribution < 1.29 is 4.74 Å². The number of hydrogen-bond donors (Lipinski definition) is 2. The van der Waals surface area contributed by atoms with E-state index in [0.717, 1.165) is 23.3 Å². The maximum atomic E-state index is 6.00. The van der Waals surface area contributed by atoms with Crippen molar-refractivity contribution in [3.8, 4) is 16.9 Å². The maximum Gasteiger partial charge on any atom is 0.130 e. The topological polar surface area (TPSA) is 51.0 Å². The quantitative estimate of drug-likeness (QED) is 0.747. The number of aromatic amines is 1. The second kappa shape index (κ2) is 4.39. The van der Waals surface area contributed by atoms with Crippen LogP contribution in [0.3, 0.4) is 0 Å². The molecule has 3 N–H and O–H groups in total. The summed E-state index contributed by atoms with van der Waals surface area (Å²) in [4.78, 5) is 3.22. The number of benzene rings is 2. The Kier molecular flexibility index (Phi) is 2.54. The predicted molar refractivity (Wildman–Crippen MR) is 80.9 cm³/mol. The molecule has 0 aliphatic carbocycles. The van der Waals surface area contributed by atoms with Gasteiger partial charge in [-0.15, -0.1) is 0 Å².